The Labute approximate surface area is 88.1 Å². The first kappa shape index (κ1) is 8.85. The quantitative estimate of drug-likeness (QED) is 0.756. The van der Waals surface area contributed by atoms with E-state index in [-0.39, 0.29) is 5.54 Å². The molecule has 4 heteroatoms. The second-order valence-corrected chi connectivity index (χ2v) is 4.40. The summed E-state index contributed by atoms with van der Waals surface area (Å²) in [5.41, 5.74) is 9.13. The Kier molecular flexibility index (Phi) is 1.52. The van der Waals surface area contributed by atoms with Crippen molar-refractivity contribution < 1.29 is 0 Å². The molecular formula is C11H14N4. The van der Waals surface area contributed by atoms with Crippen molar-refractivity contribution in [1.29, 1.82) is 0 Å². The van der Waals surface area contributed by atoms with Gasteiger partial charge in [-0.15, -0.1) is 0 Å². The first-order chi connectivity index (χ1) is 7.12. The van der Waals surface area contributed by atoms with E-state index in [1.807, 2.05) is 30.8 Å². The fraction of sp³-hybridized carbons (Fsp3) is 0.455. The van der Waals surface area contributed by atoms with Crippen molar-refractivity contribution in [3.05, 3.63) is 23.7 Å². The number of aromatic nitrogens is 3. The highest BCUT2D eigenvalue weighted by molar-refractivity contribution is 5.77. The van der Waals surface area contributed by atoms with E-state index in [0.29, 0.717) is 0 Å². The van der Waals surface area contributed by atoms with Crippen LogP contribution in [0.3, 0.4) is 0 Å². The summed E-state index contributed by atoms with van der Waals surface area (Å²) >= 11 is 0. The van der Waals surface area contributed by atoms with Crippen LogP contribution >= 0.6 is 0 Å². The van der Waals surface area contributed by atoms with Crippen molar-refractivity contribution in [3.8, 4) is 0 Å². The van der Waals surface area contributed by atoms with Gasteiger partial charge in [-0.25, -0.2) is 9.97 Å². The molecule has 0 radical (unpaired) electrons. The minimum absolute atomic E-state index is 0.137. The van der Waals surface area contributed by atoms with Crippen molar-refractivity contribution in [3.63, 3.8) is 0 Å². The standard InChI is InChI=1S/C11H14N4/c1-7-14-9-8(11(12)4-5-11)3-6-13-10(9)15(7)2/h3,6H,4-5,12H2,1-2H3. The molecule has 78 valence electrons. The SMILES string of the molecule is Cc1nc2c(C3(N)CC3)ccnc2n1C. The summed E-state index contributed by atoms with van der Waals surface area (Å²) < 4.78 is 2.00. The van der Waals surface area contributed by atoms with Crippen molar-refractivity contribution in [2.45, 2.75) is 25.3 Å². The topological polar surface area (TPSA) is 56.7 Å². The third kappa shape index (κ3) is 1.11. The lowest BCUT2D eigenvalue weighted by molar-refractivity contribution is 0.745. The summed E-state index contributed by atoms with van der Waals surface area (Å²) in [5.74, 6) is 0.981. The van der Waals surface area contributed by atoms with Crippen LogP contribution in [0.1, 0.15) is 24.2 Å². The number of nitrogens with two attached hydrogens (primary N) is 1. The van der Waals surface area contributed by atoms with Gasteiger partial charge in [-0.2, -0.15) is 0 Å². The third-order valence-electron chi connectivity index (χ3n) is 3.31. The minimum atomic E-state index is -0.137. The molecule has 2 N–H and O–H groups in total. The predicted molar refractivity (Wildman–Crippen MR) is 58.3 cm³/mol. The van der Waals surface area contributed by atoms with E-state index >= 15 is 0 Å². The molecule has 15 heavy (non-hydrogen) atoms. The van der Waals surface area contributed by atoms with Gasteiger partial charge in [-0.3, -0.25) is 0 Å². The molecule has 0 aromatic carbocycles. The van der Waals surface area contributed by atoms with Crippen LogP contribution in [0.2, 0.25) is 0 Å². The average Bonchev–Trinajstić information content (AvgIpc) is 2.90. The predicted octanol–water partition coefficient (Wildman–Crippen LogP) is 1.22. The van der Waals surface area contributed by atoms with Gasteiger partial charge in [-0.05, 0) is 25.8 Å². The number of nitrogens with zero attached hydrogens (tertiary/aromatic N) is 3. The molecule has 2 aromatic rings. The van der Waals surface area contributed by atoms with Gasteiger partial charge in [0.2, 0.25) is 0 Å². The van der Waals surface area contributed by atoms with Crippen LogP contribution in [0.25, 0.3) is 11.2 Å². The Morgan fingerprint density at radius 3 is 2.87 bits per heavy atom. The molecule has 2 heterocycles. The number of hydrogen-bond donors (Lipinski definition) is 1. The highest BCUT2D eigenvalue weighted by Crippen LogP contribution is 2.44. The smallest absolute Gasteiger partial charge is 0.160 e. The summed E-state index contributed by atoms with van der Waals surface area (Å²) in [7, 11) is 1.98. The largest absolute Gasteiger partial charge is 0.321 e. The van der Waals surface area contributed by atoms with Gasteiger partial charge in [0, 0.05) is 24.3 Å². The molecule has 4 nitrogen and oxygen atoms in total. The molecule has 0 spiro atoms. The van der Waals surface area contributed by atoms with Gasteiger partial charge < -0.3 is 10.3 Å². The molecule has 0 saturated heterocycles. The molecule has 0 atom stereocenters. The van der Waals surface area contributed by atoms with Crippen LogP contribution in [-0.4, -0.2) is 14.5 Å². The maximum absolute atomic E-state index is 6.22. The molecule has 1 fully saturated rings. The van der Waals surface area contributed by atoms with Gasteiger partial charge in [0.05, 0.1) is 0 Å². The summed E-state index contributed by atoms with van der Waals surface area (Å²) in [4.78, 5) is 8.89. The summed E-state index contributed by atoms with van der Waals surface area (Å²) in [6.45, 7) is 1.99. The van der Waals surface area contributed by atoms with E-state index in [2.05, 4.69) is 9.97 Å². The van der Waals surface area contributed by atoms with E-state index in [1.54, 1.807) is 0 Å². The van der Waals surface area contributed by atoms with Crippen molar-refractivity contribution in [2.24, 2.45) is 12.8 Å². The molecule has 3 rings (SSSR count). The molecule has 1 aliphatic carbocycles. The average molecular weight is 202 g/mol. The van der Waals surface area contributed by atoms with Crippen LogP contribution in [-0.2, 0) is 12.6 Å². The highest BCUT2D eigenvalue weighted by Gasteiger charge is 2.42. The zero-order valence-corrected chi connectivity index (χ0v) is 8.99. The van der Waals surface area contributed by atoms with Crippen LogP contribution in [0.5, 0.6) is 0 Å². The van der Waals surface area contributed by atoms with Crippen LogP contribution in [0.4, 0.5) is 0 Å². The Hall–Kier alpha value is -1.42. The fourth-order valence-electron chi connectivity index (χ4n) is 1.99. The lowest BCUT2D eigenvalue weighted by atomic mass is 10.1. The van der Waals surface area contributed by atoms with Crippen molar-refractivity contribution >= 4 is 11.2 Å². The Morgan fingerprint density at radius 1 is 1.47 bits per heavy atom. The molecular weight excluding hydrogens is 188 g/mol. The van der Waals surface area contributed by atoms with E-state index in [4.69, 9.17) is 5.73 Å². The number of pyridine rings is 1. The van der Waals surface area contributed by atoms with E-state index < -0.39 is 0 Å². The molecule has 1 aliphatic rings. The van der Waals surface area contributed by atoms with Crippen LogP contribution in [0.15, 0.2) is 12.3 Å². The lowest BCUT2D eigenvalue weighted by Crippen LogP contribution is -2.19. The summed E-state index contributed by atoms with van der Waals surface area (Å²) in [5, 5.41) is 0. The van der Waals surface area contributed by atoms with E-state index in [9.17, 15) is 0 Å². The van der Waals surface area contributed by atoms with Crippen molar-refractivity contribution in [2.75, 3.05) is 0 Å². The second-order valence-electron chi connectivity index (χ2n) is 4.40. The molecule has 1 saturated carbocycles. The zero-order valence-electron chi connectivity index (χ0n) is 8.99. The molecule has 0 amide bonds. The van der Waals surface area contributed by atoms with Gasteiger partial charge in [0.15, 0.2) is 5.65 Å². The second kappa shape index (κ2) is 2.58. The van der Waals surface area contributed by atoms with Crippen LogP contribution in [0, 0.1) is 6.92 Å². The van der Waals surface area contributed by atoms with Gasteiger partial charge >= 0.3 is 0 Å². The van der Waals surface area contributed by atoms with E-state index in [1.165, 1.54) is 0 Å². The Balaban J connectivity index is 2.36. The van der Waals surface area contributed by atoms with E-state index in [0.717, 1.165) is 35.4 Å². The fourth-order valence-corrected chi connectivity index (χ4v) is 1.99. The molecule has 0 bridgehead atoms. The monoisotopic (exact) mass is 202 g/mol. The lowest BCUT2D eigenvalue weighted by Gasteiger charge is -2.08. The summed E-state index contributed by atoms with van der Waals surface area (Å²) in [6.07, 6.45) is 3.94. The Bertz CT molecular complexity index is 537. The number of rotatable bonds is 1. The first-order valence-corrected chi connectivity index (χ1v) is 5.19. The summed E-state index contributed by atoms with van der Waals surface area (Å²) in [6, 6.07) is 2.00. The van der Waals surface area contributed by atoms with Gasteiger partial charge in [0.1, 0.15) is 11.3 Å². The molecule has 2 aromatic heterocycles. The zero-order chi connectivity index (χ0) is 10.6. The van der Waals surface area contributed by atoms with Gasteiger partial charge in [-0.1, -0.05) is 0 Å². The third-order valence-corrected chi connectivity index (χ3v) is 3.31. The number of imidazole rings is 1. The number of fused-ring (bicyclic) bond motifs is 1. The number of hydrogen-bond acceptors (Lipinski definition) is 3. The number of aryl methyl sites for hydroxylation is 2. The Morgan fingerprint density at radius 2 is 2.20 bits per heavy atom. The van der Waals surface area contributed by atoms with Gasteiger partial charge in [0.25, 0.3) is 0 Å². The van der Waals surface area contributed by atoms with Crippen molar-refractivity contribution in [1.82, 2.24) is 14.5 Å². The maximum Gasteiger partial charge on any atom is 0.160 e. The first-order valence-electron chi connectivity index (χ1n) is 5.19. The highest BCUT2D eigenvalue weighted by atomic mass is 15.1. The normalized spacial score (nSPS) is 18.3. The molecule has 0 aliphatic heterocycles. The molecule has 0 unspecified atom stereocenters. The maximum atomic E-state index is 6.22. The van der Waals surface area contributed by atoms with Crippen LogP contribution < -0.4 is 5.73 Å². The minimum Gasteiger partial charge on any atom is -0.321 e.